The van der Waals surface area contributed by atoms with E-state index in [-0.39, 0.29) is 16.5 Å². The molecule has 0 saturated carbocycles. The Hall–Kier alpha value is -2.93. The largest absolute Gasteiger partial charge is 0.503 e. The Balaban J connectivity index is 2.09. The van der Waals surface area contributed by atoms with Gasteiger partial charge in [0, 0.05) is 5.56 Å². The summed E-state index contributed by atoms with van der Waals surface area (Å²) in [5, 5.41) is 13.7. The summed E-state index contributed by atoms with van der Waals surface area (Å²) in [6.07, 6.45) is 2.26. The molecule has 7 nitrogen and oxygen atoms in total. The summed E-state index contributed by atoms with van der Waals surface area (Å²) >= 11 is 5.91. The third-order valence-electron chi connectivity index (χ3n) is 3.54. The summed E-state index contributed by atoms with van der Waals surface area (Å²) in [6, 6.07) is 7.92. The molecule has 0 unspecified atom stereocenters. The van der Waals surface area contributed by atoms with Crippen molar-refractivity contribution in [1.82, 2.24) is 5.43 Å². The van der Waals surface area contributed by atoms with Gasteiger partial charge in [-0.2, -0.15) is 5.10 Å². The van der Waals surface area contributed by atoms with Gasteiger partial charge in [0.15, 0.2) is 23.0 Å². The number of nitrogens with zero attached hydrogens (tertiary/aromatic N) is 1. The summed E-state index contributed by atoms with van der Waals surface area (Å²) in [4.78, 5) is 12.3. The second kappa shape index (κ2) is 9.68. The molecule has 2 rings (SSSR count). The van der Waals surface area contributed by atoms with Crippen LogP contribution in [0.15, 0.2) is 35.4 Å². The summed E-state index contributed by atoms with van der Waals surface area (Å²) < 4.78 is 15.8. The maximum absolute atomic E-state index is 12.3. The van der Waals surface area contributed by atoms with Crippen LogP contribution < -0.4 is 19.6 Å². The number of benzene rings is 2. The predicted molar refractivity (Wildman–Crippen MR) is 104 cm³/mol. The fourth-order valence-corrected chi connectivity index (χ4v) is 2.41. The molecule has 27 heavy (non-hydrogen) atoms. The van der Waals surface area contributed by atoms with E-state index in [4.69, 9.17) is 25.8 Å². The standard InChI is InChI=1S/C19H21ClN2O5/c1-4-7-27-15-6-5-13(10-16(15)25-2)19(24)22-21-11-12-8-14(20)18(23)17(9-12)26-3/h5-6,8-11,23H,4,7H2,1-3H3,(H,22,24)/b21-11+. The van der Waals surface area contributed by atoms with Crippen LogP contribution in [0.1, 0.15) is 29.3 Å². The van der Waals surface area contributed by atoms with Crippen molar-refractivity contribution < 1.29 is 24.1 Å². The zero-order chi connectivity index (χ0) is 19.8. The highest BCUT2D eigenvalue weighted by Gasteiger charge is 2.11. The number of hydrogen-bond donors (Lipinski definition) is 2. The summed E-state index contributed by atoms with van der Waals surface area (Å²) in [5.74, 6) is 0.685. The summed E-state index contributed by atoms with van der Waals surface area (Å²) in [7, 11) is 2.92. The second-order valence-electron chi connectivity index (χ2n) is 5.47. The molecule has 0 aliphatic heterocycles. The van der Waals surface area contributed by atoms with Gasteiger partial charge in [0.05, 0.1) is 32.1 Å². The Morgan fingerprint density at radius 1 is 1.19 bits per heavy atom. The number of methoxy groups -OCH3 is 2. The number of hydrogen-bond acceptors (Lipinski definition) is 6. The van der Waals surface area contributed by atoms with Crippen molar-refractivity contribution >= 4 is 23.7 Å². The van der Waals surface area contributed by atoms with Crippen LogP contribution in [0.3, 0.4) is 0 Å². The quantitative estimate of drug-likeness (QED) is 0.529. The minimum absolute atomic E-state index is 0.120. The third kappa shape index (κ3) is 5.27. The van der Waals surface area contributed by atoms with E-state index in [2.05, 4.69) is 10.5 Å². The Bertz CT molecular complexity index is 839. The van der Waals surface area contributed by atoms with Crippen LogP contribution in [-0.4, -0.2) is 38.1 Å². The van der Waals surface area contributed by atoms with Crippen molar-refractivity contribution in [3.63, 3.8) is 0 Å². The van der Waals surface area contributed by atoms with Gasteiger partial charge in [-0.1, -0.05) is 18.5 Å². The molecular formula is C19H21ClN2O5. The van der Waals surface area contributed by atoms with E-state index in [1.54, 1.807) is 24.3 Å². The second-order valence-corrected chi connectivity index (χ2v) is 5.87. The van der Waals surface area contributed by atoms with Gasteiger partial charge in [0.25, 0.3) is 5.91 Å². The first-order valence-corrected chi connectivity index (χ1v) is 8.58. The van der Waals surface area contributed by atoms with E-state index in [0.29, 0.717) is 29.2 Å². The number of rotatable bonds is 8. The SMILES string of the molecule is CCCOc1ccc(C(=O)N/N=C/c2cc(Cl)c(O)c(OC)c2)cc1OC. The molecule has 0 aromatic heterocycles. The molecule has 0 atom stereocenters. The minimum atomic E-state index is -0.413. The molecule has 0 radical (unpaired) electrons. The van der Waals surface area contributed by atoms with E-state index in [1.165, 1.54) is 26.5 Å². The molecule has 0 bridgehead atoms. The number of nitrogens with one attached hydrogen (secondary N) is 1. The van der Waals surface area contributed by atoms with Crippen molar-refractivity contribution in [1.29, 1.82) is 0 Å². The first-order valence-electron chi connectivity index (χ1n) is 8.20. The molecule has 0 fully saturated rings. The van der Waals surface area contributed by atoms with Crippen molar-refractivity contribution in [3.05, 3.63) is 46.5 Å². The number of phenolic OH excluding ortho intramolecular Hbond substituents is 1. The molecule has 0 aliphatic carbocycles. The Labute approximate surface area is 162 Å². The fourth-order valence-electron chi connectivity index (χ4n) is 2.19. The van der Waals surface area contributed by atoms with Crippen LogP contribution in [0.5, 0.6) is 23.0 Å². The molecule has 2 N–H and O–H groups in total. The van der Waals surface area contributed by atoms with Gasteiger partial charge < -0.3 is 19.3 Å². The predicted octanol–water partition coefficient (Wildman–Crippen LogP) is 3.62. The molecule has 8 heteroatoms. The highest BCUT2D eigenvalue weighted by Crippen LogP contribution is 2.34. The van der Waals surface area contributed by atoms with E-state index in [9.17, 15) is 9.90 Å². The first kappa shape index (κ1) is 20.4. The Kier molecular flexibility index (Phi) is 7.31. The average Bonchev–Trinajstić information content (AvgIpc) is 2.68. The molecule has 0 heterocycles. The smallest absolute Gasteiger partial charge is 0.271 e. The number of aromatic hydroxyl groups is 1. The topological polar surface area (TPSA) is 89.4 Å². The van der Waals surface area contributed by atoms with Crippen LogP contribution in [-0.2, 0) is 0 Å². The zero-order valence-corrected chi connectivity index (χ0v) is 16.0. The first-order chi connectivity index (χ1) is 13.0. The van der Waals surface area contributed by atoms with Gasteiger partial charge in [0.1, 0.15) is 0 Å². The van der Waals surface area contributed by atoms with E-state index >= 15 is 0 Å². The zero-order valence-electron chi connectivity index (χ0n) is 15.3. The number of carbonyl (C=O) groups is 1. The molecule has 0 saturated heterocycles. The monoisotopic (exact) mass is 392 g/mol. The average molecular weight is 393 g/mol. The van der Waals surface area contributed by atoms with Gasteiger partial charge in [-0.25, -0.2) is 5.43 Å². The normalized spacial score (nSPS) is 10.7. The Morgan fingerprint density at radius 3 is 2.59 bits per heavy atom. The van der Waals surface area contributed by atoms with Crippen molar-refractivity contribution in [3.8, 4) is 23.0 Å². The van der Waals surface area contributed by atoms with Crippen LogP contribution >= 0.6 is 11.6 Å². The van der Waals surface area contributed by atoms with Gasteiger partial charge in [-0.05, 0) is 42.3 Å². The minimum Gasteiger partial charge on any atom is -0.503 e. The molecule has 2 aromatic carbocycles. The van der Waals surface area contributed by atoms with Crippen LogP contribution in [0, 0.1) is 0 Å². The Morgan fingerprint density at radius 2 is 1.93 bits per heavy atom. The van der Waals surface area contributed by atoms with E-state index < -0.39 is 5.91 Å². The van der Waals surface area contributed by atoms with Gasteiger partial charge in [-0.15, -0.1) is 0 Å². The lowest BCUT2D eigenvalue weighted by Gasteiger charge is -2.11. The van der Waals surface area contributed by atoms with Crippen LogP contribution in [0.4, 0.5) is 0 Å². The molecule has 0 aliphatic rings. The maximum atomic E-state index is 12.3. The molecule has 1 amide bonds. The molecule has 144 valence electrons. The maximum Gasteiger partial charge on any atom is 0.271 e. The lowest BCUT2D eigenvalue weighted by atomic mass is 10.2. The molecule has 0 spiro atoms. The lowest BCUT2D eigenvalue weighted by molar-refractivity contribution is 0.0954. The van der Waals surface area contributed by atoms with E-state index in [1.807, 2.05) is 6.92 Å². The summed E-state index contributed by atoms with van der Waals surface area (Å²) in [5.41, 5.74) is 3.34. The summed E-state index contributed by atoms with van der Waals surface area (Å²) in [6.45, 7) is 2.56. The number of hydrazone groups is 1. The molecular weight excluding hydrogens is 372 g/mol. The lowest BCUT2D eigenvalue weighted by Crippen LogP contribution is -2.17. The highest BCUT2D eigenvalue weighted by molar-refractivity contribution is 6.32. The fraction of sp³-hybridized carbons (Fsp3) is 0.263. The van der Waals surface area contributed by atoms with Crippen molar-refractivity contribution in [2.45, 2.75) is 13.3 Å². The van der Waals surface area contributed by atoms with Crippen LogP contribution in [0.25, 0.3) is 0 Å². The number of phenols is 1. The highest BCUT2D eigenvalue weighted by atomic mass is 35.5. The van der Waals surface area contributed by atoms with Gasteiger partial charge >= 0.3 is 0 Å². The van der Waals surface area contributed by atoms with Crippen molar-refractivity contribution in [2.75, 3.05) is 20.8 Å². The third-order valence-corrected chi connectivity index (χ3v) is 3.83. The van der Waals surface area contributed by atoms with E-state index in [0.717, 1.165) is 6.42 Å². The number of carbonyl (C=O) groups excluding carboxylic acids is 1. The van der Waals surface area contributed by atoms with Gasteiger partial charge in [0.2, 0.25) is 0 Å². The van der Waals surface area contributed by atoms with Crippen molar-refractivity contribution in [2.24, 2.45) is 5.10 Å². The number of halogens is 1. The van der Waals surface area contributed by atoms with Gasteiger partial charge in [-0.3, -0.25) is 4.79 Å². The number of ether oxygens (including phenoxy) is 3. The number of amides is 1. The van der Waals surface area contributed by atoms with Crippen LogP contribution in [0.2, 0.25) is 5.02 Å². The molecule has 2 aromatic rings.